The van der Waals surface area contributed by atoms with Crippen molar-refractivity contribution in [2.75, 3.05) is 0 Å². The monoisotopic (exact) mass is 813 g/mol. The molecule has 0 radical (unpaired) electrons. The highest BCUT2D eigenvalue weighted by atomic mass is 32.1. The van der Waals surface area contributed by atoms with Crippen LogP contribution in [0.2, 0.25) is 0 Å². The Balaban J connectivity index is 1.09. The molecule has 3 heterocycles. The minimum absolute atomic E-state index is 0.0368. The minimum atomic E-state index is -0.274. The smallest absolute Gasteiger partial charge is 0.164 e. The van der Waals surface area contributed by atoms with Crippen molar-refractivity contribution in [3.05, 3.63) is 200 Å². The first kappa shape index (κ1) is 29.3. The lowest BCUT2D eigenvalue weighted by Gasteiger charge is -2.13. The van der Waals surface area contributed by atoms with Crippen molar-refractivity contribution in [3.63, 3.8) is 0 Å². The molecule has 4 nitrogen and oxygen atoms in total. The van der Waals surface area contributed by atoms with Crippen LogP contribution in [0.1, 0.15) is 8.22 Å². The molecule has 0 N–H and O–H groups in total. The molecule has 5 heteroatoms. The standard InChI is InChI=1S/C57H33N3OS/c1-2-14-34(15-3-1)37-16-4-9-21-44(37)56-58-55(59-57(60-56)47-24-12-26-50-53(47)45-22-10-11-25-49(45)61-50)36-29-31-46-52(33-36)62-51-27-13-23-38(54(46)51)35-28-30-43-41-19-6-5-17-39(41)40-18-7-8-20-42(40)48(43)32-35/h1-33H/i13D,23D,27D,29D,31D,33D. The summed E-state index contributed by atoms with van der Waals surface area (Å²) in [6, 6.07) is 52.7. The third kappa shape index (κ3) is 5.42. The van der Waals surface area contributed by atoms with Gasteiger partial charge in [0.05, 0.1) is 8.22 Å². The molecule has 0 saturated heterocycles. The van der Waals surface area contributed by atoms with Gasteiger partial charge in [-0.15, -0.1) is 11.3 Å². The summed E-state index contributed by atoms with van der Waals surface area (Å²) in [6.07, 6.45) is 0. The highest BCUT2D eigenvalue weighted by Gasteiger charge is 2.21. The van der Waals surface area contributed by atoms with E-state index >= 15 is 0 Å². The van der Waals surface area contributed by atoms with E-state index in [1.54, 1.807) is 0 Å². The second-order valence-electron chi connectivity index (χ2n) is 15.4. The molecule has 288 valence electrons. The van der Waals surface area contributed by atoms with E-state index in [0.29, 0.717) is 59.9 Å². The Bertz CT molecular complexity index is 4270. The van der Waals surface area contributed by atoms with Crippen molar-refractivity contribution in [2.24, 2.45) is 0 Å². The SMILES string of the molecule is [2H]c1c([2H])c(-c2ccc3c4ccccc4c4ccccc4c3c2)c2c(sc3c([2H])c(-c4nc(-c5ccccc5-c5ccccc5)nc(-c5cccc6oc7ccccc7c56)n4)c([2H])c([2H])c32)c1[2H]. The first-order valence-corrected chi connectivity index (χ1v) is 21.2. The molecule has 0 atom stereocenters. The highest BCUT2D eigenvalue weighted by Crippen LogP contribution is 2.44. The lowest BCUT2D eigenvalue weighted by atomic mass is 9.91. The first-order chi connectivity index (χ1) is 33.2. The van der Waals surface area contributed by atoms with Crippen LogP contribution in [-0.2, 0) is 0 Å². The van der Waals surface area contributed by atoms with E-state index in [2.05, 4.69) is 24.3 Å². The van der Waals surface area contributed by atoms with Crippen molar-refractivity contribution in [3.8, 4) is 56.4 Å². The summed E-state index contributed by atoms with van der Waals surface area (Å²) in [4.78, 5) is 15.3. The van der Waals surface area contributed by atoms with Crippen LogP contribution in [0, 0.1) is 0 Å². The maximum atomic E-state index is 9.95. The van der Waals surface area contributed by atoms with Crippen molar-refractivity contribution in [2.45, 2.75) is 0 Å². The summed E-state index contributed by atoms with van der Waals surface area (Å²) in [5.74, 6) is 0.667. The minimum Gasteiger partial charge on any atom is -0.456 e. The summed E-state index contributed by atoms with van der Waals surface area (Å²) in [5.41, 5.74) is 5.64. The number of aromatic nitrogens is 3. The van der Waals surface area contributed by atoms with E-state index in [1.165, 1.54) is 0 Å². The predicted molar refractivity (Wildman–Crippen MR) is 260 cm³/mol. The van der Waals surface area contributed by atoms with Crippen molar-refractivity contribution in [1.29, 1.82) is 0 Å². The molecule has 0 aliphatic carbocycles. The van der Waals surface area contributed by atoms with E-state index in [0.717, 1.165) is 65.6 Å². The number of benzene rings is 10. The summed E-state index contributed by atoms with van der Waals surface area (Å²) in [7, 11) is 0. The molecule has 13 rings (SSSR count). The molecule has 0 saturated carbocycles. The molecule has 0 spiro atoms. The van der Waals surface area contributed by atoms with Crippen LogP contribution in [0.5, 0.6) is 0 Å². The number of para-hydroxylation sites is 1. The third-order valence-corrected chi connectivity index (χ3v) is 12.9. The Morgan fingerprint density at radius 3 is 1.77 bits per heavy atom. The molecular formula is C57H33N3OS. The van der Waals surface area contributed by atoms with E-state index in [-0.39, 0.29) is 53.0 Å². The first-order valence-electron chi connectivity index (χ1n) is 23.4. The lowest BCUT2D eigenvalue weighted by Crippen LogP contribution is -2.01. The lowest BCUT2D eigenvalue weighted by molar-refractivity contribution is 0.669. The Labute approximate surface area is 368 Å². The van der Waals surface area contributed by atoms with Gasteiger partial charge in [-0.2, -0.15) is 0 Å². The van der Waals surface area contributed by atoms with Gasteiger partial charge in [-0.3, -0.25) is 0 Å². The fourth-order valence-corrected chi connectivity index (χ4v) is 10.1. The van der Waals surface area contributed by atoms with Gasteiger partial charge in [0.25, 0.3) is 0 Å². The molecule has 13 aromatic rings. The van der Waals surface area contributed by atoms with Crippen LogP contribution in [-0.4, -0.2) is 15.0 Å². The third-order valence-electron chi connectivity index (χ3n) is 11.9. The molecule has 0 aliphatic rings. The molecule has 0 amide bonds. The Kier molecular flexibility index (Phi) is 6.51. The van der Waals surface area contributed by atoms with Crippen LogP contribution in [0.25, 0.3) is 131 Å². The van der Waals surface area contributed by atoms with Gasteiger partial charge >= 0.3 is 0 Å². The van der Waals surface area contributed by atoms with Gasteiger partial charge in [-0.1, -0.05) is 170 Å². The average Bonchev–Trinajstić information content (AvgIpc) is 3.98. The largest absolute Gasteiger partial charge is 0.456 e. The number of hydrogen-bond acceptors (Lipinski definition) is 5. The normalized spacial score (nSPS) is 13.2. The van der Waals surface area contributed by atoms with Crippen molar-refractivity contribution in [1.82, 2.24) is 15.0 Å². The van der Waals surface area contributed by atoms with Gasteiger partial charge in [0.2, 0.25) is 0 Å². The Morgan fingerprint density at radius 2 is 0.984 bits per heavy atom. The average molecular weight is 814 g/mol. The zero-order valence-corrected chi connectivity index (χ0v) is 33.6. The topological polar surface area (TPSA) is 51.8 Å². The number of thiophene rings is 1. The number of furan rings is 1. The van der Waals surface area contributed by atoms with Gasteiger partial charge < -0.3 is 4.42 Å². The summed E-state index contributed by atoms with van der Waals surface area (Å²) >= 11 is 1.13. The molecule has 0 aliphatic heterocycles. The van der Waals surface area contributed by atoms with Crippen LogP contribution >= 0.6 is 11.3 Å². The number of fused-ring (bicyclic) bond motifs is 12. The maximum absolute atomic E-state index is 9.95. The molecule has 10 aromatic carbocycles. The molecule has 0 fully saturated rings. The molecular weight excluding hydrogens is 775 g/mol. The van der Waals surface area contributed by atoms with E-state index < -0.39 is 0 Å². The van der Waals surface area contributed by atoms with Crippen LogP contribution in [0.15, 0.2) is 204 Å². The molecule has 0 unspecified atom stereocenters. The van der Waals surface area contributed by atoms with Gasteiger partial charge in [0.15, 0.2) is 17.5 Å². The zero-order chi connectivity index (χ0) is 45.9. The second kappa shape index (κ2) is 13.8. The number of nitrogens with zero attached hydrogens (tertiary/aromatic N) is 3. The Hall–Kier alpha value is -7.99. The molecule has 3 aromatic heterocycles. The number of hydrogen-bond donors (Lipinski definition) is 0. The zero-order valence-electron chi connectivity index (χ0n) is 38.7. The summed E-state index contributed by atoms with van der Waals surface area (Å²) in [5, 5.41) is 8.74. The van der Waals surface area contributed by atoms with E-state index in [1.807, 2.05) is 140 Å². The quantitative estimate of drug-likeness (QED) is 0.162. The number of rotatable bonds is 5. The fourth-order valence-electron chi connectivity index (χ4n) is 9.08. The maximum Gasteiger partial charge on any atom is 0.164 e. The fraction of sp³-hybridized carbons (Fsp3) is 0. The summed E-state index contributed by atoms with van der Waals surface area (Å²) < 4.78 is 64.2. The van der Waals surface area contributed by atoms with Gasteiger partial charge in [-0.05, 0) is 84.9 Å². The van der Waals surface area contributed by atoms with Gasteiger partial charge in [0, 0.05) is 47.6 Å². The van der Waals surface area contributed by atoms with Gasteiger partial charge in [-0.25, -0.2) is 15.0 Å². The molecule has 62 heavy (non-hydrogen) atoms. The van der Waals surface area contributed by atoms with E-state index in [4.69, 9.17) is 20.7 Å². The van der Waals surface area contributed by atoms with Gasteiger partial charge in [0.1, 0.15) is 11.2 Å². The molecule has 0 bridgehead atoms. The summed E-state index contributed by atoms with van der Waals surface area (Å²) in [6.45, 7) is 0. The predicted octanol–water partition coefficient (Wildman–Crippen LogP) is 15.9. The van der Waals surface area contributed by atoms with Crippen molar-refractivity contribution < 1.29 is 12.6 Å². The van der Waals surface area contributed by atoms with E-state index in [9.17, 15) is 6.85 Å². The van der Waals surface area contributed by atoms with Crippen molar-refractivity contribution >= 4 is 85.8 Å². The van der Waals surface area contributed by atoms with Crippen LogP contribution in [0.4, 0.5) is 0 Å². The second-order valence-corrected chi connectivity index (χ2v) is 16.4. The van der Waals surface area contributed by atoms with Crippen LogP contribution < -0.4 is 0 Å². The Morgan fingerprint density at radius 1 is 0.371 bits per heavy atom. The highest BCUT2D eigenvalue weighted by molar-refractivity contribution is 7.26. The van der Waals surface area contributed by atoms with Crippen LogP contribution in [0.3, 0.4) is 0 Å².